The summed E-state index contributed by atoms with van der Waals surface area (Å²) >= 11 is 2.83. The van der Waals surface area contributed by atoms with Gasteiger partial charge in [-0.05, 0) is 35.6 Å². The molecule has 146 valence electrons. The standard InChI is InChI=1S/C20H17N4O2PS2/c1-24-8-6-22-20(24)29-17-11-13(18(25)23-19-21-7-9-28-19)10-15(12-17)26-14-2-4-16(27)5-3-14/h2-12H,27H2,1H3,(H,21,23,25). The van der Waals surface area contributed by atoms with Crippen molar-refractivity contribution in [2.75, 3.05) is 5.32 Å². The van der Waals surface area contributed by atoms with Crippen LogP contribution in [-0.4, -0.2) is 20.4 Å². The highest BCUT2D eigenvalue weighted by molar-refractivity contribution is 7.99. The lowest BCUT2D eigenvalue weighted by Gasteiger charge is -2.11. The van der Waals surface area contributed by atoms with Crippen molar-refractivity contribution < 1.29 is 9.53 Å². The normalized spacial score (nSPS) is 10.7. The molecule has 1 unspecified atom stereocenters. The Bertz CT molecular complexity index is 1130. The van der Waals surface area contributed by atoms with Gasteiger partial charge >= 0.3 is 0 Å². The molecule has 2 aromatic carbocycles. The largest absolute Gasteiger partial charge is 0.457 e. The van der Waals surface area contributed by atoms with Crippen LogP contribution in [0.25, 0.3) is 0 Å². The van der Waals surface area contributed by atoms with Crippen LogP contribution in [0.2, 0.25) is 0 Å². The van der Waals surface area contributed by atoms with E-state index in [9.17, 15) is 4.79 Å². The third kappa shape index (κ3) is 5.03. The Labute approximate surface area is 178 Å². The summed E-state index contributed by atoms with van der Waals surface area (Å²) in [5.74, 6) is 1.03. The summed E-state index contributed by atoms with van der Waals surface area (Å²) in [5, 5.41) is 7.07. The van der Waals surface area contributed by atoms with Crippen LogP contribution >= 0.6 is 32.3 Å². The summed E-state index contributed by atoms with van der Waals surface area (Å²) in [5.41, 5.74) is 0.483. The maximum absolute atomic E-state index is 12.8. The molecule has 0 bridgehead atoms. The van der Waals surface area contributed by atoms with Crippen molar-refractivity contribution >= 4 is 48.7 Å². The number of nitrogens with zero attached hydrogens (tertiary/aromatic N) is 3. The monoisotopic (exact) mass is 440 g/mol. The number of carbonyl (C=O) groups excluding carboxylic acids is 1. The van der Waals surface area contributed by atoms with E-state index in [0.717, 1.165) is 15.4 Å². The topological polar surface area (TPSA) is 69.0 Å². The molecule has 6 nitrogen and oxygen atoms in total. The summed E-state index contributed by atoms with van der Waals surface area (Å²) in [4.78, 5) is 22.1. The lowest BCUT2D eigenvalue weighted by Crippen LogP contribution is -2.11. The van der Waals surface area contributed by atoms with E-state index < -0.39 is 0 Å². The fraction of sp³-hybridized carbons (Fsp3) is 0.0500. The van der Waals surface area contributed by atoms with Crippen LogP contribution < -0.4 is 15.4 Å². The first kappa shape index (κ1) is 19.6. The van der Waals surface area contributed by atoms with Crippen LogP contribution in [0.3, 0.4) is 0 Å². The summed E-state index contributed by atoms with van der Waals surface area (Å²) in [6.07, 6.45) is 5.27. The maximum atomic E-state index is 12.8. The van der Waals surface area contributed by atoms with Crippen LogP contribution in [0.1, 0.15) is 10.4 Å². The molecule has 2 aromatic heterocycles. The molecule has 9 heteroatoms. The molecule has 2 heterocycles. The zero-order valence-electron chi connectivity index (χ0n) is 15.4. The molecular weight excluding hydrogens is 423 g/mol. The van der Waals surface area contributed by atoms with Gasteiger partial charge in [-0.1, -0.05) is 23.9 Å². The maximum Gasteiger partial charge on any atom is 0.257 e. The van der Waals surface area contributed by atoms with Crippen molar-refractivity contribution in [3.63, 3.8) is 0 Å². The molecule has 4 rings (SSSR count). The third-order valence-electron chi connectivity index (χ3n) is 3.90. The first-order valence-corrected chi connectivity index (χ1v) is 10.9. The van der Waals surface area contributed by atoms with E-state index in [1.165, 1.54) is 23.1 Å². The minimum absolute atomic E-state index is 0.243. The molecule has 0 aliphatic rings. The molecular formula is C20H17N4O2PS2. The van der Waals surface area contributed by atoms with E-state index in [1.807, 2.05) is 59.6 Å². The fourth-order valence-corrected chi connectivity index (χ4v) is 4.11. The van der Waals surface area contributed by atoms with E-state index in [1.54, 1.807) is 18.5 Å². The number of rotatable bonds is 6. The lowest BCUT2D eigenvalue weighted by atomic mass is 10.2. The van der Waals surface area contributed by atoms with Crippen molar-refractivity contribution in [1.82, 2.24) is 14.5 Å². The summed E-state index contributed by atoms with van der Waals surface area (Å²) < 4.78 is 7.93. The Morgan fingerprint density at radius 1 is 1.14 bits per heavy atom. The number of hydrogen-bond donors (Lipinski definition) is 1. The number of ether oxygens (including phenoxy) is 1. The number of hydrogen-bond acceptors (Lipinski definition) is 6. The average molecular weight is 440 g/mol. The first-order chi connectivity index (χ1) is 14.1. The van der Waals surface area contributed by atoms with Gasteiger partial charge in [0.05, 0.1) is 0 Å². The lowest BCUT2D eigenvalue weighted by molar-refractivity contribution is 0.102. The van der Waals surface area contributed by atoms with Gasteiger partial charge in [0.15, 0.2) is 10.3 Å². The second-order valence-corrected chi connectivity index (χ2v) is 8.68. The predicted molar refractivity (Wildman–Crippen MR) is 120 cm³/mol. The molecule has 0 saturated carbocycles. The smallest absolute Gasteiger partial charge is 0.257 e. The van der Waals surface area contributed by atoms with Crippen molar-refractivity contribution in [2.24, 2.45) is 7.05 Å². The van der Waals surface area contributed by atoms with Crippen molar-refractivity contribution in [1.29, 1.82) is 0 Å². The molecule has 1 N–H and O–H groups in total. The van der Waals surface area contributed by atoms with Gasteiger partial charge in [-0.25, -0.2) is 9.97 Å². The minimum Gasteiger partial charge on any atom is -0.457 e. The molecule has 0 radical (unpaired) electrons. The highest BCUT2D eigenvalue weighted by Crippen LogP contribution is 2.32. The Morgan fingerprint density at radius 2 is 1.97 bits per heavy atom. The van der Waals surface area contributed by atoms with Gasteiger partial charge in [-0.15, -0.1) is 20.6 Å². The Kier molecular flexibility index (Phi) is 5.94. The quantitative estimate of drug-likeness (QED) is 0.445. The Balaban J connectivity index is 1.65. The van der Waals surface area contributed by atoms with E-state index in [2.05, 4.69) is 24.5 Å². The number of imidazole rings is 1. The number of aryl methyl sites for hydroxylation is 1. The highest BCUT2D eigenvalue weighted by atomic mass is 32.2. The molecule has 0 fully saturated rings. The van der Waals surface area contributed by atoms with E-state index in [-0.39, 0.29) is 5.91 Å². The number of anilines is 1. The zero-order valence-corrected chi connectivity index (χ0v) is 18.2. The van der Waals surface area contributed by atoms with Crippen LogP contribution in [0, 0.1) is 0 Å². The summed E-state index contributed by atoms with van der Waals surface area (Å²) in [6, 6.07) is 13.1. The van der Waals surface area contributed by atoms with Gasteiger partial charge in [-0.3, -0.25) is 10.1 Å². The van der Waals surface area contributed by atoms with Gasteiger partial charge in [0, 0.05) is 41.5 Å². The number of nitrogens with one attached hydrogen (secondary N) is 1. The first-order valence-electron chi connectivity index (χ1n) is 8.61. The molecule has 1 amide bonds. The summed E-state index contributed by atoms with van der Waals surface area (Å²) in [7, 11) is 4.57. The molecule has 1 atom stereocenters. The van der Waals surface area contributed by atoms with Gasteiger partial charge < -0.3 is 9.30 Å². The molecule has 0 saturated heterocycles. The van der Waals surface area contributed by atoms with Crippen molar-refractivity contribution in [2.45, 2.75) is 10.1 Å². The van der Waals surface area contributed by atoms with E-state index in [0.29, 0.717) is 22.2 Å². The Hall–Kier alpha value is -2.67. The Morgan fingerprint density at radius 3 is 2.66 bits per heavy atom. The van der Waals surface area contributed by atoms with Crippen LogP contribution in [0.4, 0.5) is 5.13 Å². The van der Waals surface area contributed by atoms with Gasteiger partial charge in [0.2, 0.25) is 0 Å². The zero-order chi connectivity index (χ0) is 20.2. The van der Waals surface area contributed by atoms with Crippen molar-refractivity contribution in [3.8, 4) is 11.5 Å². The van der Waals surface area contributed by atoms with Crippen LogP contribution in [-0.2, 0) is 7.05 Å². The summed E-state index contributed by atoms with van der Waals surface area (Å²) in [6.45, 7) is 0. The van der Waals surface area contributed by atoms with Gasteiger partial charge in [0.25, 0.3) is 5.91 Å². The van der Waals surface area contributed by atoms with E-state index in [4.69, 9.17) is 4.74 Å². The SMILES string of the molecule is Cn1ccnc1Sc1cc(Oc2ccc(P)cc2)cc(C(=O)Nc2nccs2)c1. The van der Waals surface area contributed by atoms with E-state index >= 15 is 0 Å². The van der Waals surface area contributed by atoms with Crippen molar-refractivity contribution in [3.05, 3.63) is 72.0 Å². The highest BCUT2D eigenvalue weighted by Gasteiger charge is 2.13. The number of benzene rings is 2. The van der Waals surface area contributed by atoms with Crippen LogP contribution in [0.5, 0.6) is 11.5 Å². The predicted octanol–water partition coefficient (Wildman–Crippen LogP) is 4.57. The number of carbonyl (C=O) groups is 1. The number of thiazole rings is 1. The molecule has 0 aliphatic carbocycles. The second-order valence-electron chi connectivity index (χ2n) is 6.08. The molecule has 4 aromatic rings. The number of amides is 1. The third-order valence-corrected chi connectivity index (χ3v) is 6.02. The molecule has 0 spiro atoms. The van der Waals surface area contributed by atoms with Crippen LogP contribution in [0.15, 0.2) is 76.5 Å². The fourth-order valence-electron chi connectivity index (χ4n) is 2.50. The minimum atomic E-state index is -0.243. The van der Waals surface area contributed by atoms with Gasteiger partial charge in [-0.2, -0.15) is 0 Å². The molecule has 29 heavy (non-hydrogen) atoms. The molecule has 0 aliphatic heterocycles. The van der Waals surface area contributed by atoms with Gasteiger partial charge in [0.1, 0.15) is 11.5 Å². The second kappa shape index (κ2) is 8.78. The average Bonchev–Trinajstić information content (AvgIpc) is 3.36. The number of aromatic nitrogens is 3.